The SMILES string of the molecule is COc1ccc(C)cc1COc1c(F)cccc1C(=O)O. The van der Waals surface area contributed by atoms with Crippen molar-refractivity contribution in [3.63, 3.8) is 0 Å². The number of carbonyl (C=O) groups is 1. The number of halogens is 1. The first kappa shape index (κ1) is 14.8. The molecule has 21 heavy (non-hydrogen) atoms. The van der Waals surface area contributed by atoms with Crippen LogP contribution in [0.3, 0.4) is 0 Å². The van der Waals surface area contributed by atoms with Crippen LogP contribution < -0.4 is 9.47 Å². The average Bonchev–Trinajstić information content (AvgIpc) is 2.45. The van der Waals surface area contributed by atoms with Crippen molar-refractivity contribution in [2.45, 2.75) is 13.5 Å². The molecule has 0 bridgehead atoms. The molecule has 0 aliphatic carbocycles. The summed E-state index contributed by atoms with van der Waals surface area (Å²) in [6.07, 6.45) is 0. The van der Waals surface area contributed by atoms with Gasteiger partial charge < -0.3 is 14.6 Å². The molecule has 4 nitrogen and oxygen atoms in total. The van der Waals surface area contributed by atoms with Gasteiger partial charge in [0.25, 0.3) is 0 Å². The Morgan fingerprint density at radius 3 is 2.71 bits per heavy atom. The third-order valence-electron chi connectivity index (χ3n) is 3.01. The van der Waals surface area contributed by atoms with Crippen LogP contribution in [0.25, 0.3) is 0 Å². The minimum Gasteiger partial charge on any atom is -0.496 e. The molecule has 2 rings (SSSR count). The van der Waals surface area contributed by atoms with Crippen LogP contribution in [0.4, 0.5) is 4.39 Å². The number of aromatic carboxylic acids is 1. The number of para-hydroxylation sites is 1. The zero-order chi connectivity index (χ0) is 15.4. The van der Waals surface area contributed by atoms with Gasteiger partial charge >= 0.3 is 5.97 Å². The number of ether oxygens (including phenoxy) is 2. The molecular weight excluding hydrogens is 275 g/mol. The molecule has 0 aliphatic rings. The number of carboxylic acids is 1. The summed E-state index contributed by atoms with van der Waals surface area (Å²) in [5.74, 6) is -1.61. The van der Waals surface area contributed by atoms with E-state index >= 15 is 0 Å². The van der Waals surface area contributed by atoms with E-state index in [0.717, 1.165) is 17.2 Å². The van der Waals surface area contributed by atoms with Crippen molar-refractivity contribution in [3.05, 3.63) is 58.9 Å². The van der Waals surface area contributed by atoms with Crippen molar-refractivity contribution in [1.29, 1.82) is 0 Å². The second kappa shape index (κ2) is 6.26. The molecule has 0 spiro atoms. The van der Waals surface area contributed by atoms with Crippen molar-refractivity contribution < 1.29 is 23.8 Å². The normalized spacial score (nSPS) is 10.2. The summed E-state index contributed by atoms with van der Waals surface area (Å²) in [4.78, 5) is 11.1. The Hall–Kier alpha value is -2.56. The van der Waals surface area contributed by atoms with E-state index in [9.17, 15) is 9.18 Å². The van der Waals surface area contributed by atoms with Gasteiger partial charge in [-0.05, 0) is 31.2 Å². The molecule has 0 atom stereocenters. The number of methoxy groups -OCH3 is 1. The summed E-state index contributed by atoms with van der Waals surface area (Å²) >= 11 is 0. The molecule has 0 aromatic heterocycles. The van der Waals surface area contributed by atoms with E-state index in [4.69, 9.17) is 14.6 Å². The number of carboxylic acid groups (broad SMARTS) is 1. The van der Waals surface area contributed by atoms with E-state index in [1.54, 1.807) is 6.07 Å². The van der Waals surface area contributed by atoms with Gasteiger partial charge in [-0.3, -0.25) is 0 Å². The maximum absolute atomic E-state index is 13.8. The van der Waals surface area contributed by atoms with Crippen molar-refractivity contribution >= 4 is 5.97 Å². The topological polar surface area (TPSA) is 55.8 Å². The van der Waals surface area contributed by atoms with E-state index in [1.165, 1.54) is 19.2 Å². The highest BCUT2D eigenvalue weighted by Gasteiger charge is 2.16. The predicted molar refractivity (Wildman–Crippen MR) is 75.4 cm³/mol. The van der Waals surface area contributed by atoms with Crippen LogP contribution in [0.5, 0.6) is 11.5 Å². The van der Waals surface area contributed by atoms with Crippen LogP contribution in [0.2, 0.25) is 0 Å². The first-order valence-corrected chi connectivity index (χ1v) is 6.31. The molecule has 2 aromatic rings. The summed E-state index contributed by atoms with van der Waals surface area (Å²) in [6.45, 7) is 1.93. The van der Waals surface area contributed by atoms with Crippen LogP contribution in [0.1, 0.15) is 21.5 Å². The van der Waals surface area contributed by atoms with Gasteiger partial charge in [-0.1, -0.05) is 17.7 Å². The maximum atomic E-state index is 13.8. The zero-order valence-electron chi connectivity index (χ0n) is 11.7. The molecule has 1 N–H and O–H groups in total. The van der Waals surface area contributed by atoms with Crippen LogP contribution in [-0.2, 0) is 6.61 Å². The Morgan fingerprint density at radius 1 is 1.29 bits per heavy atom. The van der Waals surface area contributed by atoms with Gasteiger partial charge in [-0.15, -0.1) is 0 Å². The van der Waals surface area contributed by atoms with Crippen LogP contribution >= 0.6 is 0 Å². The summed E-state index contributed by atoms with van der Waals surface area (Å²) in [5, 5.41) is 9.06. The van der Waals surface area contributed by atoms with E-state index in [0.29, 0.717) is 5.75 Å². The van der Waals surface area contributed by atoms with Crippen LogP contribution in [-0.4, -0.2) is 18.2 Å². The molecule has 0 amide bonds. The van der Waals surface area contributed by atoms with Gasteiger partial charge in [0.15, 0.2) is 11.6 Å². The Balaban J connectivity index is 2.28. The summed E-state index contributed by atoms with van der Waals surface area (Å²) in [7, 11) is 1.53. The monoisotopic (exact) mass is 290 g/mol. The van der Waals surface area contributed by atoms with Crippen molar-refractivity contribution in [2.24, 2.45) is 0 Å². The highest BCUT2D eigenvalue weighted by molar-refractivity contribution is 5.90. The number of hydrogen-bond acceptors (Lipinski definition) is 3. The quantitative estimate of drug-likeness (QED) is 0.916. The fourth-order valence-electron chi connectivity index (χ4n) is 1.99. The Bertz CT molecular complexity index is 667. The Labute approximate surface area is 121 Å². The summed E-state index contributed by atoms with van der Waals surface area (Å²) in [5.41, 5.74) is 1.51. The number of rotatable bonds is 5. The van der Waals surface area contributed by atoms with Gasteiger partial charge in [-0.2, -0.15) is 0 Å². The molecule has 110 valence electrons. The third kappa shape index (κ3) is 3.31. The number of hydrogen-bond donors (Lipinski definition) is 1. The fraction of sp³-hybridized carbons (Fsp3) is 0.188. The van der Waals surface area contributed by atoms with Gasteiger partial charge in [0.1, 0.15) is 17.9 Å². The lowest BCUT2D eigenvalue weighted by molar-refractivity contribution is 0.0690. The first-order chi connectivity index (χ1) is 10.0. The molecule has 0 saturated heterocycles. The molecule has 0 fully saturated rings. The largest absolute Gasteiger partial charge is 0.496 e. The van der Waals surface area contributed by atoms with Gasteiger partial charge in [0.05, 0.1) is 7.11 Å². The molecule has 0 radical (unpaired) electrons. The fourth-order valence-corrected chi connectivity index (χ4v) is 1.99. The third-order valence-corrected chi connectivity index (χ3v) is 3.01. The van der Waals surface area contributed by atoms with Gasteiger partial charge in [-0.25, -0.2) is 9.18 Å². The Kier molecular flexibility index (Phi) is 4.42. The lowest BCUT2D eigenvalue weighted by Gasteiger charge is -2.13. The molecular formula is C16H15FO4. The van der Waals surface area contributed by atoms with Gasteiger partial charge in [0.2, 0.25) is 0 Å². The highest BCUT2D eigenvalue weighted by atomic mass is 19.1. The zero-order valence-corrected chi connectivity index (χ0v) is 11.7. The number of aryl methyl sites for hydroxylation is 1. The lowest BCUT2D eigenvalue weighted by atomic mass is 10.1. The van der Waals surface area contributed by atoms with Crippen molar-refractivity contribution in [3.8, 4) is 11.5 Å². The molecule has 0 saturated carbocycles. The second-order valence-electron chi connectivity index (χ2n) is 4.53. The van der Waals surface area contributed by atoms with E-state index in [1.807, 2.05) is 19.1 Å². The first-order valence-electron chi connectivity index (χ1n) is 6.31. The molecule has 0 heterocycles. The molecule has 5 heteroatoms. The molecule has 0 aliphatic heterocycles. The smallest absolute Gasteiger partial charge is 0.339 e. The van der Waals surface area contributed by atoms with Crippen molar-refractivity contribution in [1.82, 2.24) is 0 Å². The number of benzene rings is 2. The minimum atomic E-state index is -1.24. The summed E-state index contributed by atoms with van der Waals surface area (Å²) in [6, 6.07) is 9.31. The van der Waals surface area contributed by atoms with E-state index in [-0.39, 0.29) is 17.9 Å². The highest BCUT2D eigenvalue weighted by Crippen LogP contribution is 2.26. The Morgan fingerprint density at radius 2 is 2.05 bits per heavy atom. The van der Waals surface area contributed by atoms with E-state index < -0.39 is 11.8 Å². The van der Waals surface area contributed by atoms with Crippen LogP contribution in [0.15, 0.2) is 36.4 Å². The maximum Gasteiger partial charge on any atom is 0.339 e. The van der Waals surface area contributed by atoms with Gasteiger partial charge in [0, 0.05) is 5.56 Å². The van der Waals surface area contributed by atoms with Crippen LogP contribution in [0, 0.1) is 12.7 Å². The standard InChI is InChI=1S/C16H15FO4/c1-10-6-7-14(20-2)11(8-10)9-21-15-12(16(18)19)4-3-5-13(15)17/h3-8H,9H2,1-2H3,(H,18,19). The predicted octanol–water partition coefficient (Wildman–Crippen LogP) is 3.42. The minimum absolute atomic E-state index is 0.0199. The average molecular weight is 290 g/mol. The van der Waals surface area contributed by atoms with Crippen molar-refractivity contribution in [2.75, 3.05) is 7.11 Å². The molecule has 2 aromatic carbocycles. The molecule has 0 unspecified atom stereocenters. The van der Waals surface area contributed by atoms with E-state index in [2.05, 4.69) is 0 Å². The lowest BCUT2D eigenvalue weighted by Crippen LogP contribution is -2.06. The summed E-state index contributed by atoms with van der Waals surface area (Å²) < 4.78 is 24.3. The second-order valence-corrected chi connectivity index (χ2v) is 4.53.